The fourth-order valence-electron chi connectivity index (χ4n) is 3.04. The first-order valence-electron chi connectivity index (χ1n) is 9.50. The topological polar surface area (TPSA) is 62.1 Å². The smallest absolute Gasteiger partial charge is 0.266 e. The first-order valence-corrected chi connectivity index (χ1v) is 9.88. The highest BCUT2D eigenvalue weighted by molar-refractivity contribution is 6.31. The Hall–Kier alpha value is -3.62. The van der Waals surface area contributed by atoms with Crippen LogP contribution < -0.4 is 10.1 Å². The molecule has 156 valence electrons. The number of carbonyl (C=O) groups excluding carboxylic acids is 1. The van der Waals surface area contributed by atoms with Gasteiger partial charge in [0.05, 0.1) is 7.11 Å². The highest BCUT2D eigenvalue weighted by Gasteiger charge is 2.13. The van der Waals surface area contributed by atoms with Crippen LogP contribution >= 0.6 is 11.6 Å². The van der Waals surface area contributed by atoms with Crippen molar-refractivity contribution in [2.75, 3.05) is 12.4 Å². The van der Waals surface area contributed by atoms with Gasteiger partial charge in [-0.25, -0.2) is 4.39 Å². The molecule has 3 rings (SSSR count). The number of amides is 1. The highest BCUT2D eigenvalue weighted by Crippen LogP contribution is 2.24. The predicted molar refractivity (Wildman–Crippen MR) is 121 cm³/mol. The number of methoxy groups -OCH3 is 1. The molecular formula is C25H20ClFN2O2. The molecule has 4 nitrogen and oxygen atoms in total. The normalized spacial score (nSPS) is 11.0. The number of benzene rings is 3. The third kappa shape index (κ3) is 5.71. The van der Waals surface area contributed by atoms with Crippen LogP contribution in [0.15, 0.2) is 66.2 Å². The summed E-state index contributed by atoms with van der Waals surface area (Å²) in [5.74, 6) is -0.248. The average molecular weight is 435 g/mol. The van der Waals surface area contributed by atoms with Crippen molar-refractivity contribution >= 4 is 29.3 Å². The summed E-state index contributed by atoms with van der Waals surface area (Å²) in [4.78, 5) is 12.7. The molecule has 0 aromatic heterocycles. The van der Waals surface area contributed by atoms with E-state index in [0.29, 0.717) is 28.4 Å². The Bertz CT molecular complexity index is 1200. The van der Waals surface area contributed by atoms with Crippen LogP contribution in [0.5, 0.6) is 5.75 Å². The maximum absolute atomic E-state index is 13.6. The number of ether oxygens (including phenoxy) is 1. The molecule has 0 heterocycles. The van der Waals surface area contributed by atoms with E-state index in [1.54, 1.807) is 43.5 Å². The lowest BCUT2D eigenvalue weighted by Gasteiger charge is -2.11. The molecular weight excluding hydrogens is 415 g/mol. The van der Waals surface area contributed by atoms with E-state index in [1.165, 1.54) is 18.2 Å². The van der Waals surface area contributed by atoms with Crippen molar-refractivity contribution in [3.63, 3.8) is 0 Å². The summed E-state index contributed by atoms with van der Waals surface area (Å²) < 4.78 is 18.9. The van der Waals surface area contributed by atoms with Gasteiger partial charge in [0.1, 0.15) is 23.2 Å². The Morgan fingerprint density at radius 3 is 2.68 bits per heavy atom. The number of nitrogens with one attached hydrogen (secondary N) is 1. The SMILES string of the molecule is COc1ccc(/C=C(\C#N)C(=O)Nc2ccc(C)c(Cl)c2)c(Cc2cccc(F)c2)c1. The minimum absolute atomic E-state index is 0.0673. The molecule has 1 amide bonds. The number of hydrogen-bond acceptors (Lipinski definition) is 3. The van der Waals surface area contributed by atoms with E-state index in [0.717, 1.165) is 16.7 Å². The molecule has 3 aromatic carbocycles. The fourth-order valence-corrected chi connectivity index (χ4v) is 3.22. The lowest BCUT2D eigenvalue weighted by atomic mass is 9.97. The number of hydrogen-bond donors (Lipinski definition) is 1. The molecule has 1 N–H and O–H groups in total. The van der Waals surface area contributed by atoms with Gasteiger partial charge in [-0.1, -0.05) is 35.9 Å². The minimum atomic E-state index is -0.546. The molecule has 0 fully saturated rings. The van der Waals surface area contributed by atoms with Gasteiger partial charge in [0.15, 0.2) is 0 Å². The van der Waals surface area contributed by atoms with Crippen LogP contribution in [-0.2, 0) is 11.2 Å². The number of halogens is 2. The number of carbonyl (C=O) groups is 1. The summed E-state index contributed by atoms with van der Waals surface area (Å²) in [6, 6.07) is 18.7. The fraction of sp³-hybridized carbons (Fsp3) is 0.120. The average Bonchev–Trinajstić information content (AvgIpc) is 2.75. The van der Waals surface area contributed by atoms with Gasteiger partial charge in [-0.05, 0) is 78.1 Å². The van der Waals surface area contributed by atoms with Gasteiger partial charge < -0.3 is 10.1 Å². The molecule has 0 aliphatic carbocycles. The quantitative estimate of drug-likeness (QED) is 0.386. The molecule has 6 heteroatoms. The van der Waals surface area contributed by atoms with E-state index in [9.17, 15) is 14.4 Å². The van der Waals surface area contributed by atoms with Crippen LogP contribution in [0.25, 0.3) is 6.08 Å². The standard InChI is InChI=1S/C25H20ClFN2O2/c1-16-6-8-22(14-24(16)26)29-25(30)20(15-28)12-18-7-9-23(31-2)13-19(18)10-17-4-3-5-21(27)11-17/h3-9,11-14H,10H2,1-2H3,(H,29,30)/b20-12+. The third-order valence-electron chi connectivity index (χ3n) is 4.73. The van der Waals surface area contributed by atoms with E-state index in [4.69, 9.17) is 16.3 Å². The van der Waals surface area contributed by atoms with Crippen LogP contribution in [0.2, 0.25) is 5.02 Å². The second-order valence-corrected chi connectivity index (χ2v) is 7.37. The highest BCUT2D eigenvalue weighted by atomic mass is 35.5. The Morgan fingerprint density at radius 1 is 1.19 bits per heavy atom. The summed E-state index contributed by atoms with van der Waals surface area (Å²) in [6.45, 7) is 1.86. The van der Waals surface area contributed by atoms with Gasteiger partial charge in [-0.15, -0.1) is 0 Å². The van der Waals surface area contributed by atoms with Crippen LogP contribution in [0, 0.1) is 24.1 Å². The second kappa shape index (κ2) is 9.92. The van der Waals surface area contributed by atoms with Gasteiger partial charge in [0.25, 0.3) is 5.91 Å². The zero-order chi connectivity index (χ0) is 22.4. The molecule has 0 aliphatic rings. The molecule has 0 bridgehead atoms. The molecule has 0 atom stereocenters. The zero-order valence-electron chi connectivity index (χ0n) is 17.1. The molecule has 0 aliphatic heterocycles. The number of aryl methyl sites for hydroxylation is 1. The Labute approximate surface area is 185 Å². The van der Waals surface area contributed by atoms with E-state index >= 15 is 0 Å². The lowest BCUT2D eigenvalue weighted by Crippen LogP contribution is -2.13. The van der Waals surface area contributed by atoms with Crippen LogP contribution in [0.1, 0.15) is 22.3 Å². The van der Waals surface area contributed by atoms with Gasteiger partial charge in [0, 0.05) is 10.7 Å². The minimum Gasteiger partial charge on any atom is -0.497 e. The molecule has 0 saturated carbocycles. The first-order chi connectivity index (χ1) is 14.9. The molecule has 0 radical (unpaired) electrons. The first kappa shape index (κ1) is 22.1. The molecule has 0 saturated heterocycles. The van der Waals surface area contributed by atoms with Crippen LogP contribution in [0.3, 0.4) is 0 Å². The van der Waals surface area contributed by atoms with E-state index in [-0.39, 0.29) is 11.4 Å². The van der Waals surface area contributed by atoms with Crippen molar-refractivity contribution in [1.29, 1.82) is 5.26 Å². The van der Waals surface area contributed by atoms with Crippen LogP contribution in [0.4, 0.5) is 10.1 Å². The van der Waals surface area contributed by atoms with Gasteiger partial charge in [0.2, 0.25) is 0 Å². The van der Waals surface area contributed by atoms with Crippen LogP contribution in [-0.4, -0.2) is 13.0 Å². The van der Waals surface area contributed by atoms with Crippen molar-refractivity contribution in [2.45, 2.75) is 13.3 Å². The summed E-state index contributed by atoms with van der Waals surface area (Å²) in [7, 11) is 1.55. The molecule has 31 heavy (non-hydrogen) atoms. The Balaban J connectivity index is 1.92. The third-order valence-corrected chi connectivity index (χ3v) is 5.14. The van der Waals surface area contributed by atoms with Crippen molar-refractivity contribution in [1.82, 2.24) is 0 Å². The number of anilines is 1. The van der Waals surface area contributed by atoms with E-state index in [1.807, 2.05) is 25.1 Å². The second-order valence-electron chi connectivity index (χ2n) is 6.96. The monoisotopic (exact) mass is 434 g/mol. The van der Waals surface area contributed by atoms with Gasteiger partial charge in [-0.3, -0.25) is 4.79 Å². The van der Waals surface area contributed by atoms with Crippen molar-refractivity contribution < 1.29 is 13.9 Å². The summed E-state index contributed by atoms with van der Waals surface area (Å²) >= 11 is 6.11. The molecule has 0 spiro atoms. The summed E-state index contributed by atoms with van der Waals surface area (Å²) in [6.07, 6.45) is 1.92. The van der Waals surface area contributed by atoms with Gasteiger partial charge >= 0.3 is 0 Å². The lowest BCUT2D eigenvalue weighted by molar-refractivity contribution is -0.112. The maximum Gasteiger partial charge on any atom is 0.266 e. The number of nitriles is 1. The van der Waals surface area contributed by atoms with E-state index in [2.05, 4.69) is 5.32 Å². The van der Waals surface area contributed by atoms with Crippen molar-refractivity contribution in [3.8, 4) is 11.8 Å². The summed E-state index contributed by atoms with van der Waals surface area (Å²) in [5.41, 5.74) is 3.54. The largest absolute Gasteiger partial charge is 0.497 e. The Morgan fingerprint density at radius 2 is 2.00 bits per heavy atom. The predicted octanol–water partition coefficient (Wildman–Crippen LogP) is 5.93. The van der Waals surface area contributed by atoms with E-state index < -0.39 is 5.91 Å². The van der Waals surface area contributed by atoms with Crippen molar-refractivity contribution in [2.24, 2.45) is 0 Å². The zero-order valence-corrected chi connectivity index (χ0v) is 17.8. The summed E-state index contributed by atoms with van der Waals surface area (Å²) in [5, 5.41) is 12.8. The Kier molecular flexibility index (Phi) is 7.07. The van der Waals surface area contributed by atoms with Crippen molar-refractivity contribution in [3.05, 3.63) is 99.3 Å². The van der Waals surface area contributed by atoms with Gasteiger partial charge in [-0.2, -0.15) is 5.26 Å². The number of rotatable bonds is 6. The molecule has 3 aromatic rings. The number of nitrogens with zero attached hydrogens (tertiary/aromatic N) is 1. The molecule has 0 unspecified atom stereocenters. The maximum atomic E-state index is 13.6.